The largest absolute Gasteiger partial charge is 0.486 e. The first-order valence-electron chi connectivity index (χ1n) is 13.8. The van der Waals surface area contributed by atoms with Gasteiger partial charge in [-0.15, -0.1) is 0 Å². The van der Waals surface area contributed by atoms with E-state index in [2.05, 4.69) is 27.7 Å². The summed E-state index contributed by atoms with van der Waals surface area (Å²) in [5.41, 5.74) is 3.50. The fraction of sp³-hybridized carbons (Fsp3) is 0.467. The molecule has 0 atom stereocenters. The Morgan fingerprint density at radius 2 is 1.71 bits per heavy atom. The van der Waals surface area contributed by atoms with Crippen LogP contribution in [-0.2, 0) is 13.1 Å². The average Bonchev–Trinajstić information content (AvgIpc) is 3.75. The maximum atomic E-state index is 13.1. The first-order chi connectivity index (χ1) is 18.5. The molecular formula is C30H36N4O4. The lowest BCUT2D eigenvalue weighted by atomic mass is 10.0. The molecule has 6 rings (SSSR count). The van der Waals surface area contributed by atoms with Crippen molar-refractivity contribution in [1.29, 1.82) is 0 Å². The number of fused-ring (bicyclic) bond motifs is 2. The minimum absolute atomic E-state index is 0.111. The summed E-state index contributed by atoms with van der Waals surface area (Å²) in [7, 11) is 0. The quantitative estimate of drug-likeness (QED) is 0.478. The topological polar surface area (TPSA) is 84.8 Å². The fourth-order valence-electron chi connectivity index (χ4n) is 5.46. The standard InChI is InChI=1S/C30H36N4O4/c1-20-2-6-24-25(30(36)32-23-4-5-23)18-29(35)34(26(24)16-20)13-12-33-10-8-22(9-11-33)31-19-21-3-7-27-28(17-21)38-15-14-37-27/h2-3,6-7,16-18,22-23,31H,4-5,8-15,19H2,1H3,(H,32,36). The molecule has 38 heavy (non-hydrogen) atoms. The minimum atomic E-state index is -0.142. The summed E-state index contributed by atoms with van der Waals surface area (Å²) in [6.45, 7) is 7.44. The van der Waals surface area contributed by atoms with Crippen molar-refractivity contribution in [2.45, 2.75) is 57.8 Å². The zero-order chi connectivity index (χ0) is 26.1. The van der Waals surface area contributed by atoms with Gasteiger partial charge in [-0.25, -0.2) is 0 Å². The fourth-order valence-corrected chi connectivity index (χ4v) is 5.46. The lowest BCUT2D eigenvalue weighted by Gasteiger charge is -2.32. The first-order valence-corrected chi connectivity index (χ1v) is 13.8. The van der Waals surface area contributed by atoms with Crippen LogP contribution < -0.4 is 25.7 Å². The van der Waals surface area contributed by atoms with E-state index in [1.807, 2.05) is 35.8 Å². The number of carbonyl (C=O) groups is 1. The van der Waals surface area contributed by atoms with Gasteiger partial charge in [-0.1, -0.05) is 18.2 Å². The van der Waals surface area contributed by atoms with Gasteiger partial charge in [0.2, 0.25) is 0 Å². The number of piperidine rings is 1. The van der Waals surface area contributed by atoms with Crippen LogP contribution in [0.15, 0.2) is 47.3 Å². The Labute approximate surface area is 222 Å². The summed E-state index contributed by atoms with van der Waals surface area (Å²) in [5, 5.41) is 7.57. The van der Waals surface area contributed by atoms with Gasteiger partial charge < -0.3 is 29.6 Å². The number of aromatic nitrogens is 1. The second-order valence-electron chi connectivity index (χ2n) is 10.8. The molecular weight excluding hydrogens is 480 g/mol. The normalized spacial score (nSPS) is 18.0. The van der Waals surface area contributed by atoms with E-state index in [4.69, 9.17) is 9.47 Å². The van der Waals surface area contributed by atoms with E-state index < -0.39 is 0 Å². The number of pyridine rings is 1. The third-order valence-corrected chi connectivity index (χ3v) is 7.85. The Morgan fingerprint density at radius 1 is 0.921 bits per heavy atom. The molecule has 2 N–H and O–H groups in total. The number of ether oxygens (including phenoxy) is 2. The van der Waals surface area contributed by atoms with Crippen LogP contribution in [0.4, 0.5) is 0 Å². The van der Waals surface area contributed by atoms with Crippen molar-refractivity contribution >= 4 is 16.8 Å². The molecule has 1 aromatic heterocycles. The summed E-state index contributed by atoms with van der Waals surface area (Å²) in [6.07, 6.45) is 4.17. The SMILES string of the molecule is Cc1ccc2c(C(=O)NC3CC3)cc(=O)n(CCN3CCC(NCc4ccc5c(c4)OCCO5)CC3)c2c1. The Hall–Kier alpha value is -3.36. The maximum Gasteiger partial charge on any atom is 0.252 e. The molecule has 2 aliphatic heterocycles. The Balaban J connectivity index is 1.06. The summed E-state index contributed by atoms with van der Waals surface area (Å²) in [6, 6.07) is 14.4. The van der Waals surface area contributed by atoms with Gasteiger partial charge in [-0.2, -0.15) is 0 Å². The van der Waals surface area contributed by atoms with E-state index in [-0.39, 0.29) is 17.5 Å². The third-order valence-electron chi connectivity index (χ3n) is 7.85. The molecule has 1 aliphatic carbocycles. The highest BCUT2D eigenvalue weighted by Gasteiger charge is 2.26. The molecule has 0 bridgehead atoms. The zero-order valence-corrected chi connectivity index (χ0v) is 22.0. The van der Waals surface area contributed by atoms with Gasteiger partial charge in [0, 0.05) is 43.2 Å². The molecule has 2 aromatic carbocycles. The molecule has 2 fully saturated rings. The van der Waals surface area contributed by atoms with Crippen LogP contribution in [0.25, 0.3) is 10.9 Å². The van der Waals surface area contributed by atoms with Crippen molar-refractivity contribution in [2.24, 2.45) is 0 Å². The number of aryl methyl sites for hydroxylation is 1. The summed E-state index contributed by atoms with van der Waals surface area (Å²) in [5.74, 6) is 1.52. The third kappa shape index (κ3) is 5.56. The highest BCUT2D eigenvalue weighted by molar-refractivity contribution is 6.06. The second-order valence-corrected chi connectivity index (χ2v) is 10.8. The first kappa shape index (κ1) is 24.9. The van der Waals surface area contributed by atoms with Crippen molar-refractivity contribution < 1.29 is 14.3 Å². The van der Waals surface area contributed by atoms with E-state index in [0.717, 1.165) is 79.8 Å². The molecule has 0 unspecified atom stereocenters. The molecule has 0 radical (unpaired) electrons. The molecule has 200 valence electrons. The molecule has 1 amide bonds. The number of carbonyl (C=O) groups excluding carboxylic acids is 1. The average molecular weight is 517 g/mol. The monoisotopic (exact) mass is 516 g/mol. The van der Waals surface area contributed by atoms with E-state index in [1.54, 1.807) is 0 Å². The highest BCUT2D eigenvalue weighted by Crippen LogP contribution is 2.31. The van der Waals surface area contributed by atoms with Gasteiger partial charge in [0.25, 0.3) is 11.5 Å². The number of rotatable bonds is 8. The van der Waals surface area contributed by atoms with Crippen LogP contribution in [0.5, 0.6) is 11.5 Å². The molecule has 3 aromatic rings. The molecule has 8 heteroatoms. The van der Waals surface area contributed by atoms with Crippen LogP contribution in [0, 0.1) is 6.92 Å². The van der Waals surface area contributed by atoms with E-state index in [1.165, 1.54) is 11.6 Å². The van der Waals surface area contributed by atoms with Crippen LogP contribution >= 0.6 is 0 Å². The molecule has 1 saturated heterocycles. The lowest BCUT2D eigenvalue weighted by Crippen LogP contribution is -2.43. The van der Waals surface area contributed by atoms with Crippen LogP contribution in [0.3, 0.4) is 0 Å². The number of hydrogen-bond acceptors (Lipinski definition) is 6. The molecule has 8 nitrogen and oxygen atoms in total. The van der Waals surface area contributed by atoms with Gasteiger partial charge in [0.05, 0.1) is 11.1 Å². The van der Waals surface area contributed by atoms with Crippen molar-refractivity contribution in [3.8, 4) is 11.5 Å². The number of hydrogen-bond donors (Lipinski definition) is 2. The van der Waals surface area contributed by atoms with Crippen molar-refractivity contribution in [3.63, 3.8) is 0 Å². The van der Waals surface area contributed by atoms with Crippen molar-refractivity contribution in [2.75, 3.05) is 32.8 Å². The highest BCUT2D eigenvalue weighted by atomic mass is 16.6. The van der Waals surface area contributed by atoms with E-state index in [0.29, 0.717) is 31.4 Å². The van der Waals surface area contributed by atoms with Gasteiger partial charge in [-0.05, 0) is 75.0 Å². The van der Waals surface area contributed by atoms with Gasteiger partial charge in [0.15, 0.2) is 11.5 Å². The number of nitrogens with zero attached hydrogens (tertiary/aromatic N) is 2. The van der Waals surface area contributed by atoms with Gasteiger partial charge in [-0.3, -0.25) is 9.59 Å². The Morgan fingerprint density at radius 3 is 2.50 bits per heavy atom. The van der Waals surface area contributed by atoms with Gasteiger partial charge in [0.1, 0.15) is 13.2 Å². The minimum Gasteiger partial charge on any atom is -0.486 e. The predicted molar refractivity (Wildman–Crippen MR) is 147 cm³/mol. The molecule has 1 saturated carbocycles. The summed E-state index contributed by atoms with van der Waals surface area (Å²) in [4.78, 5) is 28.4. The Kier molecular flexibility index (Phi) is 7.08. The summed E-state index contributed by atoms with van der Waals surface area (Å²) >= 11 is 0. The lowest BCUT2D eigenvalue weighted by molar-refractivity contribution is 0.0952. The second kappa shape index (κ2) is 10.8. The number of nitrogens with one attached hydrogen (secondary N) is 2. The van der Waals surface area contributed by atoms with Crippen molar-refractivity contribution in [3.05, 3.63) is 69.5 Å². The molecule has 3 aliphatic rings. The van der Waals surface area contributed by atoms with E-state index in [9.17, 15) is 9.59 Å². The number of amides is 1. The smallest absolute Gasteiger partial charge is 0.252 e. The number of likely N-dealkylation sites (tertiary alicyclic amines) is 1. The van der Waals surface area contributed by atoms with E-state index >= 15 is 0 Å². The maximum absolute atomic E-state index is 13.1. The van der Waals surface area contributed by atoms with Crippen molar-refractivity contribution in [1.82, 2.24) is 20.1 Å². The molecule has 0 spiro atoms. The zero-order valence-electron chi connectivity index (χ0n) is 22.0. The number of benzene rings is 2. The predicted octanol–water partition coefficient (Wildman–Crippen LogP) is 3.23. The van der Waals surface area contributed by atoms with Crippen LogP contribution in [0.1, 0.15) is 47.2 Å². The van der Waals surface area contributed by atoms with Gasteiger partial charge >= 0.3 is 0 Å². The summed E-state index contributed by atoms with van der Waals surface area (Å²) < 4.78 is 13.2. The molecule has 3 heterocycles. The Bertz CT molecular complexity index is 1390. The van der Waals surface area contributed by atoms with Crippen LogP contribution in [0.2, 0.25) is 0 Å². The van der Waals surface area contributed by atoms with Crippen LogP contribution in [-0.4, -0.2) is 60.3 Å².